The molecule has 0 radical (unpaired) electrons. The molecule has 0 unspecified atom stereocenters. The van der Waals surface area contributed by atoms with Crippen molar-refractivity contribution in [1.82, 2.24) is 10.7 Å². The highest BCUT2D eigenvalue weighted by Gasteiger charge is 2.15. The second-order valence-corrected chi connectivity index (χ2v) is 10.6. The summed E-state index contributed by atoms with van der Waals surface area (Å²) in [5, 5.41) is 9.31. The third-order valence-electron chi connectivity index (χ3n) is 6.01. The van der Waals surface area contributed by atoms with E-state index in [4.69, 9.17) is 9.47 Å². The Hall–Kier alpha value is -3.93. The normalized spacial score (nSPS) is 10.9. The predicted molar refractivity (Wildman–Crippen MR) is 168 cm³/mol. The van der Waals surface area contributed by atoms with Gasteiger partial charge >= 0.3 is 11.8 Å². The molecule has 41 heavy (non-hydrogen) atoms. The number of hydrogen-bond donors (Lipinski definition) is 3. The topological polar surface area (TPSA) is 118 Å². The SMILES string of the molecule is CCOc1cc(/C=N\NC(=O)C(=O)NCc2ccc(C(C)C)cc2)cc(I)c1OCC(=O)Nc1ccc(CC)cc1. The molecule has 216 valence electrons. The number of benzene rings is 3. The van der Waals surface area contributed by atoms with Gasteiger partial charge in [0.2, 0.25) is 0 Å². The van der Waals surface area contributed by atoms with Crippen LogP contribution in [0.25, 0.3) is 0 Å². The van der Waals surface area contributed by atoms with Crippen molar-refractivity contribution in [3.05, 3.63) is 86.5 Å². The Bertz CT molecular complexity index is 1370. The molecule has 0 aromatic heterocycles. The molecule has 3 N–H and O–H groups in total. The molecule has 0 aliphatic carbocycles. The number of hydrazone groups is 1. The molecule has 3 rings (SSSR count). The molecule has 0 saturated heterocycles. The van der Waals surface area contributed by atoms with Gasteiger partial charge in [0.15, 0.2) is 18.1 Å². The summed E-state index contributed by atoms with van der Waals surface area (Å²) in [6.07, 6.45) is 2.32. The van der Waals surface area contributed by atoms with Crippen molar-refractivity contribution in [1.29, 1.82) is 0 Å². The molecule has 0 bridgehead atoms. The monoisotopic (exact) mass is 670 g/mol. The molecule has 3 aromatic rings. The summed E-state index contributed by atoms with van der Waals surface area (Å²) in [5.74, 6) is -0.705. The molecule has 0 saturated carbocycles. The summed E-state index contributed by atoms with van der Waals surface area (Å²) in [6, 6.07) is 18.9. The molecule has 0 aliphatic rings. The van der Waals surface area contributed by atoms with E-state index in [1.165, 1.54) is 17.3 Å². The smallest absolute Gasteiger partial charge is 0.329 e. The minimum absolute atomic E-state index is 0.202. The van der Waals surface area contributed by atoms with Crippen LogP contribution in [0.2, 0.25) is 0 Å². The zero-order valence-electron chi connectivity index (χ0n) is 23.6. The summed E-state index contributed by atoms with van der Waals surface area (Å²) < 4.78 is 12.2. The molecule has 3 amide bonds. The molecule has 0 spiro atoms. The highest BCUT2D eigenvalue weighted by molar-refractivity contribution is 14.1. The second-order valence-electron chi connectivity index (χ2n) is 9.43. The van der Waals surface area contributed by atoms with E-state index >= 15 is 0 Å². The average molecular weight is 671 g/mol. The van der Waals surface area contributed by atoms with Gasteiger partial charge in [-0.25, -0.2) is 5.43 Å². The highest BCUT2D eigenvalue weighted by atomic mass is 127. The standard InChI is InChI=1S/C31H35IN4O5/c1-5-21-9-13-25(14-10-21)35-28(37)19-41-29-26(32)15-23(16-27(29)40-6-2)18-34-36-31(39)30(38)33-17-22-7-11-24(12-8-22)20(3)4/h7-16,18,20H,5-6,17,19H2,1-4H3,(H,33,38)(H,35,37)(H,36,39)/b34-18-. The lowest BCUT2D eigenvalue weighted by molar-refractivity contribution is -0.139. The molecule has 0 aliphatic heterocycles. The summed E-state index contributed by atoms with van der Waals surface area (Å²) in [6.45, 7) is 8.53. The van der Waals surface area contributed by atoms with Gasteiger partial charge in [0.1, 0.15) is 0 Å². The van der Waals surface area contributed by atoms with Crippen LogP contribution in [0.3, 0.4) is 0 Å². The van der Waals surface area contributed by atoms with Crippen LogP contribution in [-0.4, -0.2) is 37.1 Å². The van der Waals surface area contributed by atoms with Gasteiger partial charge in [-0.05, 0) is 88.4 Å². The Balaban J connectivity index is 1.54. The first kappa shape index (κ1) is 31.6. The Morgan fingerprint density at radius 3 is 2.24 bits per heavy atom. The van der Waals surface area contributed by atoms with Gasteiger partial charge in [0.05, 0.1) is 16.4 Å². The maximum Gasteiger partial charge on any atom is 0.329 e. The molecule has 3 aromatic carbocycles. The van der Waals surface area contributed by atoms with E-state index in [0.717, 1.165) is 12.0 Å². The molecular weight excluding hydrogens is 635 g/mol. The van der Waals surface area contributed by atoms with Gasteiger partial charge in [0, 0.05) is 12.2 Å². The van der Waals surface area contributed by atoms with Gasteiger partial charge < -0.3 is 20.1 Å². The fraction of sp³-hybridized carbons (Fsp3) is 0.290. The lowest BCUT2D eigenvalue weighted by Crippen LogP contribution is -2.37. The van der Waals surface area contributed by atoms with E-state index in [9.17, 15) is 14.4 Å². The minimum Gasteiger partial charge on any atom is -0.490 e. The second kappa shape index (κ2) is 15.8. The Labute approximate surface area is 254 Å². The van der Waals surface area contributed by atoms with Crippen molar-refractivity contribution >= 4 is 52.2 Å². The average Bonchev–Trinajstić information content (AvgIpc) is 2.96. The molecular formula is C31H35IN4O5. The van der Waals surface area contributed by atoms with Crippen LogP contribution in [0.15, 0.2) is 65.8 Å². The maximum absolute atomic E-state index is 12.4. The lowest BCUT2D eigenvalue weighted by Gasteiger charge is -2.14. The van der Waals surface area contributed by atoms with Gasteiger partial charge in [-0.3, -0.25) is 14.4 Å². The zero-order valence-corrected chi connectivity index (χ0v) is 25.8. The van der Waals surface area contributed by atoms with Crippen molar-refractivity contribution in [3.63, 3.8) is 0 Å². The van der Waals surface area contributed by atoms with Crippen LogP contribution < -0.4 is 25.5 Å². The summed E-state index contributed by atoms with van der Waals surface area (Å²) in [5.41, 5.74) is 6.82. The number of halogens is 1. The van der Waals surface area contributed by atoms with E-state index < -0.39 is 11.8 Å². The minimum atomic E-state index is -0.880. The van der Waals surface area contributed by atoms with Gasteiger partial charge in [-0.2, -0.15) is 5.10 Å². The van der Waals surface area contributed by atoms with Crippen LogP contribution in [0.1, 0.15) is 55.9 Å². The van der Waals surface area contributed by atoms with Crippen LogP contribution in [0, 0.1) is 3.57 Å². The molecule has 0 heterocycles. The first-order valence-electron chi connectivity index (χ1n) is 13.4. The van der Waals surface area contributed by atoms with Crippen molar-refractivity contribution in [2.45, 2.75) is 46.6 Å². The van der Waals surface area contributed by atoms with Crippen molar-refractivity contribution in [2.24, 2.45) is 5.10 Å². The van der Waals surface area contributed by atoms with Crippen LogP contribution in [0.5, 0.6) is 11.5 Å². The van der Waals surface area contributed by atoms with Gasteiger partial charge in [0.25, 0.3) is 5.91 Å². The van der Waals surface area contributed by atoms with E-state index in [0.29, 0.717) is 38.8 Å². The molecule has 10 heteroatoms. The van der Waals surface area contributed by atoms with Gasteiger partial charge in [-0.15, -0.1) is 0 Å². The fourth-order valence-corrected chi connectivity index (χ4v) is 4.50. The quantitative estimate of drug-likeness (QED) is 0.107. The Morgan fingerprint density at radius 1 is 0.927 bits per heavy atom. The third-order valence-corrected chi connectivity index (χ3v) is 6.81. The van der Waals surface area contributed by atoms with E-state index in [2.05, 4.69) is 64.5 Å². The number of carbonyl (C=O) groups is 3. The number of ether oxygens (including phenoxy) is 2. The number of hydrogen-bond acceptors (Lipinski definition) is 6. The number of anilines is 1. The third kappa shape index (κ3) is 9.89. The maximum atomic E-state index is 12.4. The van der Waals surface area contributed by atoms with Crippen LogP contribution in [0.4, 0.5) is 5.69 Å². The van der Waals surface area contributed by atoms with E-state index in [1.54, 1.807) is 12.1 Å². The number of amides is 3. The fourth-order valence-electron chi connectivity index (χ4n) is 3.72. The molecule has 0 atom stereocenters. The summed E-state index contributed by atoms with van der Waals surface area (Å²) in [4.78, 5) is 36.8. The summed E-state index contributed by atoms with van der Waals surface area (Å²) >= 11 is 2.08. The first-order chi connectivity index (χ1) is 19.7. The molecule has 9 nitrogen and oxygen atoms in total. The van der Waals surface area contributed by atoms with E-state index in [-0.39, 0.29) is 19.1 Å². The largest absolute Gasteiger partial charge is 0.490 e. The number of rotatable bonds is 12. The number of nitrogens with zero attached hydrogens (tertiary/aromatic N) is 1. The van der Waals surface area contributed by atoms with E-state index in [1.807, 2.05) is 55.5 Å². The zero-order chi connectivity index (χ0) is 29.8. The Kier molecular flexibility index (Phi) is 12.1. The lowest BCUT2D eigenvalue weighted by atomic mass is 10.0. The summed E-state index contributed by atoms with van der Waals surface area (Å²) in [7, 11) is 0. The molecule has 0 fully saturated rings. The van der Waals surface area contributed by atoms with Gasteiger partial charge in [-0.1, -0.05) is 57.2 Å². The number of carbonyl (C=O) groups excluding carboxylic acids is 3. The first-order valence-corrected chi connectivity index (χ1v) is 14.5. The van der Waals surface area contributed by atoms with Crippen molar-refractivity contribution < 1.29 is 23.9 Å². The highest BCUT2D eigenvalue weighted by Crippen LogP contribution is 2.34. The van der Waals surface area contributed by atoms with Crippen molar-refractivity contribution in [2.75, 3.05) is 18.5 Å². The Morgan fingerprint density at radius 2 is 1.61 bits per heavy atom. The predicted octanol–water partition coefficient (Wildman–Crippen LogP) is 5.16. The van der Waals surface area contributed by atoms with Crippen LogP contribution >= 0.6 is 22.6 Å². The van der Waals surface area contributed by atoms with Crippen LogP contribution in [-0.2, 0) is 27.3 Å². The number of aryl methyl sites for hydroxylation is 1. The number of nitrogens with one attached hydrogen (secondary N) is 3. The van der Waals surface area contributed by atoms with Crippen molar-refractivity contribution in [3.8, 4) is 11.5 Å².